The molecule has 3 heteroatoms. The van der Waals surface area contributed by atoms with Crippen molar-refractivity contribution in [3.63, 3.8) is 0 Å². The Labute approximate surface area is 111 Å². The van der Waals surface area contributed by atoms with Gasteiger partial charge in [0, 0.05) is 37.8 Å². The van der Waals surface area contributed by atoms with Gasteiger partial charge in [-0.1, -0.05) is 30.3 Å². The van der Waals surface area contributed by atoms with Crippen LogP contribution in [-0.2, 0) is 0 Å². The minimum atomic E-state index is 0.0945. The Morgan fingerprint density at radius 3 is 2.50 bits per heavy atom. The third-order valence-corrected chi connectivity index (χ3v) is 4.11. The molecule has 100 valence electrons. The molecule has 1 fully saturated rings. The van der Waals surface area contributed by atoms with Gasteiger partial charge in [-0.15, -0.1) is 0 Å². The minimum absolute atomic E-state index is 0.0945. The van der Waals surface area contributed by atoms with E-state index in [-0.39, 0.29) is 6.04 Å². The lowest BCUT2D eigenvalue weighted by atomic mass is 9.98. The molecular formula is C15H25N3. The average molecular weight is 247 g/mol. The molecular weight excluding hydrogens is 222 g/mol. The Hall–Kier alpha value is -0.900. The Kier molecular flexibility index (Phi) is 4.38. The second-order valence-corrected chi connectivity index (χ2v) is 5.53. The van der Waals surface area contributed by atoms with E-state index >= 15 is 0 Å². The fourth-order valence-electron chi connectivity index (χ4n) is 2.92. The molecule has 3 nitrogen and oxygen atoms in total. The maximum absolute atomic E-state index is 6.41. The molecule has 1 aromatic rings. The molecule has 0 radical (unpaired) electrons. The van der Waals surface area contributed by atoms with E-state index in [1.54, 1.807) is 0 Å². The molecule has 3 atom stereocenters. The highest BCUT2D eigenvalue weighted by molar-refractivity contribution is 5.20. The molecule has 1 aromatic carbocycles. The van der Waals surface area contributed by atoms with E-state index in [0.717, 1.165) is 19.6 Å². The van der Waals surface area contributed by atoms with Crippen molar-refractivity contribution in [3.05, 3.63) is 35.9 Å². The zero-order valence-corrected chi connectivity index (χ0v) is 11.7. The highest BCUT2D eigenvalue weighted by atomic mass is 15.3. The number of nitrogens with zero attached hydrogens (tertiary/aromatic N) is 2. The van der Waals surface area contributed by atoms with E-state index in [0.29, 0.717) is 12.1 Å². The molecule has 1 aliphatic heterocycles. The molecule has 3 unspecified atom stereocenters. The van der Waals surface area contributed by atoms with Crippen molar-refractivity contribution < 1.29 is 0 Å². The van der Waals surface area contributed by atoms with Gasteiger partial charge >= 0.3 is 0 Å². The number of nitrogens with two attached hydrogens (primary N) is 1. The lowest BCUT2D eigenvalue weighted by Crippen LogP contribution is -2.55. The van der Waals surface area contributed by atoms with E-state index in [1.165, 1.54) is 5.56 Å². The molecule has 0 spiro atoms. The maximum atomic E-state index is 6.41. The first-order valence-corrected chi connectivity index (χ1v) is 6.84. The molecule has 0 aliphatic carbocycles. The van der Waals surface area contributed by atoms with Gasteiger partial charge < -0.3 is 10.6 Å². The fraction of sp³-hybridized carbons (Fsp3) is 0.600. The number of rotatable bonds is 3. The Bertz CT molecular complexity index is 365. The molecule has 1 saturated heterocycles. The highest BCUT2D eigenvalue weighted by Gasteiger charge is 2.29. The van der Waals surface area contributed by atoms with E-state index in [4.69, 9.17) is 5.73 Å². The molecule has 0 saturated carbocycles. The third kappa shape index (κ3) is 2.91. The van der Waals surface area contributed by atoms with Gasteiger partial charge in [0.15, 0.2) is 0 Å². The summed E-state index contributed by atoms with van der Waals surface area (Å²) in [6.07, 6.45) is 0. The second kappa shape index (κ2) is 5.83. The number of likely N-dealkylation sites (N-methyl/N-ethyl adjacent to an activating group) is 1. The fourth-order valence-corrected chi connectivity index (χ4v) is 2.92. The first kappa shape index (κ1) is 13.5. The van der Waals surface area contributed by atoms with E-state index in [1.807, 2.05) is 6.07 Å². The SMILES string of the molecule is CC1CN(C)CCN1C(C)C(N)c1ccccc1. The van der Waals surface area contributed by atoms with Gasteiger partial charge in [0.05, 0.1) is 0 Å². The summed E-state index contributed by atoms with van der Waals surface area (Å²) in [6.45, 7) is 7.92. The summed E-state index contributed by atoms with van der Waals surface area (Å²) in [5.74, 6) is 0. The molecule has 0 amide bonds. The van der Waals surface area contributed by atoms with Crippen molar-refractivity contribution in [3.8, 4) is 0 Å². The number of benzene rings is 1. The van der Waals surface area contributed by atoms with Crippen molar-refractivity contribution >= 4 is 0 Å². The maximum Gasteiger partial charge on any atom is 0.0450 e. The smallest absolute Gasteiger partial charge is 0.0450 e. The van der Waals surface area contributed by atoms with E-state index in [2.05, 4.69) is 55.0 Å². The highest BCUT2D eigenvalue weighted by Crippen LogP contribution is 2.22. The lowest BCUT2D eigenvalue weighted by Gasteiger charge is -2.43. The Morgan fingerprint density at radius 2 is 1.89 bits per heavy atom. The molecule has 1 aliphatic rings. The van der Waals surface area contributed by atoms with Crippen LogP contribution in [0.15, 0.2) is 30.3 Å². The van der Waals surface area contributed by atoms with Crippen LogP contribution in [0.25, 0.3) is 0 Å². The molecule has 18 heavy (non-hydrogen) atoms. The van der Waals surface area contributed by atoms with Crippen LogP contribution in [0.3, 0.4) is 0 Å². The number of hydrogen-bond acceptors (Lipinski definition) is 3. The predicted molar refractivity (Wildman–Crippen MR) is 76.5 cm³/mol. The van der Waals surface area contributed by atoms with Gasteiger partial charge in [-0.3, -0.25) is 4.90 Å². The van der Waals surface area contributed by atoms with Crippen molar-refractivity contribution in [2.75, 3.05) is 26.7 Å². The van der Waals surface area contributed by atoms with Crippen LogP contribution in [0.2, 0.25) is 0 Å². The first-order chi connectivity index (χ1) is 8.59. The molecule has 1 heterocycles. The van der Waals surface area contributed by atoms with Gasteiger partial charge in [0.1, 0.15) is 0 Å². The summed E-state index contributed by atoms with van der Waals surface area (Å²) in [7, 11) is 2.19. The van der Waals surface area contributed by atoms with Crippen LogP contribution in [-0.4, -0.2) is 48.6 Å². The zero-order chi connectivity index (χ0) is 13.1. The van der Waals surface area contributed by atoms with Gasteiger partial charge in [0.25, 0.3) is 0 Å². The van der Waals surface area contributed by atoms with Crippen LogP contribution in [0.5, 0.6) is 0 Å². The number of piperazine rings is 1. The Morgan fingerprint density at radius 1 is 1.22 bits per heavy atom. The molecule has 2 rings (SSSR count). The summed E-state index contributed by atoms with van der Waals surface area (Å²) in [4.78, 5) is 4.93. The van der Waals surface area contributed by atoms with Gasteiger partial charge in [-0.25, -0.2) is 0 Å². The molecule has 0 bridgehead atoms. The largest absolute Gasteiger partial charge is 0.323 e. The topological polar surface area (TPSA) is 32.5 Å². The number of hydrogen-bond donors (Lipinski definition) is 1. The Balaban J connectivity index is 2.04. The van der Waals surface area contributed by atoms with Gasteiger partial charge in [-0.05, 0) is 26.5 Å². The van der Waals surface area contributed by atoms with E-state index < -0.39 is 0 Å². The zero-order valence-electron chi connectivity index (χ0n) is 11.7. The van der Waals surface area contributed by atoms with Crippen molar-refractivity contribution in [1.82, 2.24) is 9.80 Å². The average Bonchev–Trinajstić information content (AvgIpc) is 2.38. The summed E-state index contributed by atoms with van der Waals surface area (Å²) >= 11 is 0. The van der Waals surface area contributed by atoms with Gasteiger partial charge in [-0.2, -0.15) is 0 Å². The van der Waals surface area contributed by atoms with Crippen LogP contribution in [0.4, 0.5) is 0 Å². The standard InChI is InChI=1S/C15H25N3/c1-12-11-17(3)9-10-18(12)13(2)15(16)14-7-5-4-6-8-14/h4-8,12-13,15H,9-11,16H2,1-3H3. The summed E-state index contributed by atoms with van der Waals surface area (Å²) < 4.78 is 0. The first-order valence-electron chi connectivity index (χ1n) is 6.84. The quantitative estimate of drug-likeness (QED) is 0.882. The third-order valence-electron chi connectivity index (χ3n) is 4.11. The summed E-state index contributed by atoms with van der Waals surface area (Å²) in [5.41, 5.74) is 7.64. The van der Waals surface area contributed by atoms with Crippen LogP contribution in [0, 0.1) is 0 Å². The van der Waals surface area contributed by atoms with Crippen molar-refractivity contribution in [2.45, 2.75) is 32.0 Å². The minimum Gasteiger partial charge on any atom is -0.323 e. The lowest BCUT2D eigenvalue weighted by molar-refractivity contribution is 0.0576. The van der Waals surface area contributed by atoms with Crippen molar-refractivity contribution in [2.24, 2.45) is 5.73 Å². The molecule has 0 aromatic heterocycles. The van der Waals surface area contributed by atoms with Crippen molar-refractivity contribution in [1.29, 1.82) is 0 Å². The second-order valence-electron chi connectivity index (χ2n) is 5.53. The summed E-state index contributed by atoms with van der Waals surface area (Å²) in [5, 5.41) is 0. The summed E-state index contributed by atoms with van der Waals surface area (Å²) in [6, 6.07) is 11.5. The van der Waals surface area contributed by atoms with Crippen LogP contribution < -0.4 is 5.73 Å². The van der Waals surface area contributed by atoms with Gasteiger partial charge in [0.2, 0.25) is 0 Å². The van der Waals surface area contributed by atoms with Crippen LogP contribution >= 0.6 is 0 Å². The monoisotopic (exact) mass is 247 g/mol. The normalized spacial score (nSPS) is 25.9. The van der Waals surface area contributed by atoms with Crippen LogP contribution in [0.1, 0.15) is 25.5 Å². The van der Waals surface area contributed by atoms with E-state index in [9.17, 15) is 0 Å². The predicted octanol–water partition coefficient (Wildman–Crippen LogP) is 1.71. The molecule has 2 N–H and O–H groups in total.